The van der Waals surface area contributed by atoms with Crippen LogP contribution in [0.15, 0.2) is 42.7 Å². The van der Waals surface area contributed by atoms with Crippen molar-refractivity contribution >= 4 is 46.0 Å². The van der Waals surface area contributed by atoms with Gasteiger partial charge in [0.15, 0.2) is 0 Å². The molecule has 1 aromatic carbocycles. The molecule has 0 radical (unpaired) electrons. The van der Waals surface area contributed by atoms with Crippen LogP contribution in [0.3, 0.4) is 0 Å². The molecule has 3 aromatic rings. The number of benzene rings is 1. The zero-order valence-electron chi connectivity index (χ0n) is 16.9. The molecule has 158 valence electrons. The molecule has 3 rings (SSSR count). The van der Waals surface area contributed by atoms with E-state index < -0.39 is 5.91 Å². The number of amides is 2. The fourth-order valence-electron chi connectivity index (χ4n) is 3.59. The summed E-state index contributed by atoms with van der Waals surface area (Å²) in [5, 5.41) is 4.59. The molecular formula is C22H24Cl2N4O2. The Morgan fingerprint density at radius 3 is 2.50 bits per heavy atom. The summed E-state index contributed by atoms with van der Waals surface area (Å²) < 4.78 is 1.54. The number of hydrogen-bond donors (Lipinski definition) is 2. The average molecular weight is 447 g/mol. The monoisotopic (exact) mass is 446 g/mol. The lowest BCUT2D eigenvalue weighted by atomic mass is 9.90. The summed E-state index contributed by atoms with van der Waals surface area (Å²) in [6.45, 7) is 4.66. The van der Waals surface area contributed by atoms with Crippen LogP contribution >= 0.6 is 23.2 Å². The molecule has 0 bridgehead atoms. The maximum Gasteiger partial charge on any atom is 0.253 e. The van der Waals surface area contributed by atoms with Gasteiger partial charge >= 0.3 is 0 Å². The number of halogens is 2. The summed E-state index contributed by atoms with van der Waals surface area (Å²) in [6, 6.07) is 9.30. The Bertz CT molecular complexity index is 1060. The quantitative estimate of drug-likeness (QED) is 0.537. The van der Waals surface area contributed by atoms with Crippen molar-refractivity contribution in [2.45, 2.75) is 32.7 Å². The molecule has 2 aromatic heterocycles. The summed E-state index contributed by atoms with van der Waals surface area (Å²) in [5.41, 5.74) is 7.25. The van der Waals surface area contributed by atoms with Gasteiger partial charge in [0.1, 0.15) is 12.2 Å². The van der Waals surface area contributed by atoms with Crippen LogP contribution in [-0.2, 0) is 11.3 Å². The minimum atomic E-state index is -0.527. The van der Waals surface area contributed by atoms with Crippen LogP contribution < -0.4 is 11.1 Å². The molecule has 0 saturated heterocycles. The number of nitrogens with zero attached hydrogens (tertiary/aromatic N) is 2. The molecule has 8 heteroatoms. The number of fused-ring (bicyclic) bond motifs is 1. The summed E-state index contributed by atoms with van der Waals surface area (Å²) in [4.78, 5) is 28.7. The van der Waals surface area contributed by atoms with E-state index in [0.29, 0.717) is 39.1 Å². The third kappa shape index (κ3) is 5.12. The lowest BCUT2D eigenvalue weighted by Gasteiger charge is -2.20. The summed E-state index contributed by atoms with van der Waals surface area (Å²) in [7, 11) is 0. The molecule has 6 nitrogen and oxygen atoms in total. The summed E-state index contributed by atoms with van der Waals surface area (Å²) in [5.74, 6) is -0.210. The highest BCUT2D eigenvalue weighted by atomic mass is 35.5. The Labute approximate surface area is 185 Å². The first-order valence-corrected chi connectivity index (χ1v) is 10.5. The van der Waals surface area contributed by atoms with Gasteiger partial charge in [-0.05, 0) is 36.1 Å². The number of carbonyl (C=O) groups is 2. The van der Waals surface area contributed by atoms with E-state index in [1.807, 2.05) is 24.3 Å². The van der Waals surface area contributed by atoms with Crippen LogP contribution in [0.25, 0.3) is 11.0 Å². The SMILES string of the molecule is CC(C)CC(CNC(=O)c1cn(CC(N)=O)c2nccc(Cl)c12)c1ccc(Cl)cc1. The number of carbonyl (C=O) groups excluding carboxylic acids is 2. The van der Waals surface area contributed by atoms with Crippen LogP contribution in [0.2, 0.25) is 10.0 Å². The van der Waals surface area contributed by atoms with Gasteiger partial charge < -0.3 is 15.6 Å². The molecule has 0 aliphatic carbocycles. The van der Waals surface area contributed by atoms with Crippen molar-refractivity contribution in [2.75, 3.05) is 6.54 Å². The maximum absolute atomic E-state index is 13.0. The second-order valence-electron chi connectivity index (χ2n) is 7.72. The summed E-state index contributed by atoms with van der Waals surface area (Å²) in [6.07, 6.45) is 4.01. The second kappa shape index (κ2) is 9.49. The van der Waals surface area contributed by atoms with Crippen LogP contribution in [0.1, 0.15) is 42.1 Å². The molecule has 0 aliphatic heterocycles. The van der Waals surface area contributed by atoms with E-state index in [1.165, 1.54) is 6.20 Å². The highest BCUT2D eigenvalue weighted by Crippen LogP contribution is 2.28. The van der Waals surface area contributed by atoms with Crippen molar-refractivity contribution in [3.05, 3.63) is 63.9 Å². The zero-order chi connectivity index (χ0) is 21.8. The van der Waals surface area contributed by atoms with E-state index in [1.54, 1.807) is 16.8 Å². The van der Waals surface area contributed by atoms with Crippen LogP contribution in [0.5, 0.6) is 0 Å². The predicted molar refractivity (Wildman–Crippen MR) is 120 cm³/mol. The van der Waals surface area contributed by atoms with Gasteiger partial charge in [-0.2, -0.15) is 0 Å². The van der Waals surface area contributed by atoms with E-state index in [9.17, 15) is 9.59 Å². The molecule has 1 atom stereocenters. The Morgan fingerprint density at radius 2 is 1.87 bits per heavy atom. The number of rotatable bonds is 8. The highest BCUT2D eigenvalue weighted by Gasteiger charge is 2.21. The first kappa shape index (κ1) is 22.1. The van der Waals surface area contributed by atoms with Gasteiger partial charge in [-0.15, -0.1) is 0 Å². The minimum Gasteiger partial charge on any atom is -0.368 e. The Morgan fingerprint density at radius 1 is 1.17 bits per heavy atom. The van der Waals surface area contributed by atoms with Crippen molar-refractivity contribution in [2.24, 2.45) is 11.7 Å². The van der Waals surface area contributed by atoms with Crippen molar-refractivity contribution in [1.29, 1.82) is 0 Å². The number of pyridine rings is 1. The standard InChI is InChI=1S/C22H24Cl2N4O2/c1-13(2)9-15(14-3-5-16(23)6-4-14)10-27-22(30)17-11-28(12-19(25)29)21-20(17)18(24)7-8-26-21/h3-8,11,13,15H,9-10,12H2,1-2H3,(H2,25,29)(H,27,30). The molecule has 30 heavy (non-hydrogen) atoms. The number of hydrogen-bond acceptors (Lipinski definition) is 3. The van der Waals surface area contributed by atoms with Gasteiger partial charge in [-0.1, -0.05) is 49.2 Å². The number of nitrogens with one attached hydrogen (secondary N) is 1. The molecule has 0 fully saturated rings. The van der Waals surface area contributed by atoms with Gasteiger partial charge in [0.2, 0.25) is 5.91 Å². The third-order valence-electron chi connectivity index (χ3n) is 4.88. The van der Waals surface area contributed by atoms with Gasteiger partial charge in [-0.25, -0.2) is 4.98 Å². The molecule has 0 saturated carbocycles. The van der Waals surface area contributed by atoms with Gasteiger partial charge in [-0.3, -0.25) is 9.59 Å². The van der Waals surface area contributed by atoms with Gasteiger partial charge in [0, 0.05) is 29.9 Å². The van der Waals surface area contributed by atoms with Crippen molar-refractivity contribution in [1.82, 2.24) is 14.9 Å². The van der Waals surface area contributed by atoms with E-state index >= 15 is 0 Å². The lowest BCUT2D eigenvalue weighted by molar-refractivity contribution is -0.118. The molecule has 1 unspecified atom stereocenters. The normalized spacial score (nSPS) is 12.3. The molecule has 2 amide bonds. The lowest BCUT2D eigenvalue weighted by Crippen LogP contribution is -2.29. The van der Waals surface area contributed by atoms with E-state index in [-0.39, 0.29) is 18.4 Å². The van der Waals surface area contributed by atoms with Crippen LogP contribution in [0, 0.1) is 5.92 Å². The second-order valence-corrected chi connectivity index (χ2v) is 8.56. The number of nitrogens with two attached hydrogens (primary N) is 1. The minimum absolute atomic E-state index is 0.0854. The van der Waals surface area contributed by atoms with Crippen molar-refractivity contribution in [3.8, 4) is 0 Å². The zero-order valence-corrected chi connectivity index (χ0v) is 18.4. The smallest absolute Gasteiger partial charge is 0.253 e. The number of aromatic nitrogens is 2. The number of primary amides is 1. The molecule has 3 N–H and O–H groups in total. The van der Waals surface area contributed by atoms with Gasteiger partial charge in [0.25, 0.3) is 5.91 Å². The largest absolute Gasteiger partial charge is 0.368 e. The molecular weight excluding hydrogens is 423 g/mol. The Hall–Kier alpha value is -2.57. The maximum atomic E-state index is 13.0. The Kier molecular flexibility index (Phi) is 7.00. The van der Waals surface area contributed by atoms with E-state index in [0.717, 1.165) is 12.0 Å². The van der Waals surface area contributed by atoms with E-state index in [2.05, 4.69) is 24.1 Å². The molecule has 0 aliphatic rings. The van der Waals surface area contributed by atoms with E-state index in [4.69, 9.17) is 28.9 Å². The Balaban J connectivity index is 1.86. The summed E-state index contributed by atoms with van der Waals surface area (Å²) >= 11 is 12.4. The average Bonchev–Trinajstić information content (AvgIpc) is 3.04. The fraction of sp³-hybridized carbons (Fsp3) is 0.318. The molecule has 0 spiro atoms. The highest BCUT2D eigenvalue weighted by molar-refractivity contribution is 6.36. The molecule has 2 heterocycles. The van der Waals surface area contributed by atoms with Crippen LogP contribution in [0.4, 0.5) is 0 Å². The predicted octanol–water partition coefficient (Wildman–Crippen LogP) is 4.39. The van der Waals surface area contributed by atoms with Crippen molar-refractivity contribution in [3.63, 3.8) is 0 Å². The fourth-order valence-corrected chi connectivity index (χ4v) is 3.96. The first-order valence-electron chi connectivity index (χ1n) is 9.71. The van der Waals surface area contributed by atoms with Crippen LogP contribution in [-0.4, -0.2) is 27.9 Å². The first-order chi connectivity index (χ1) is 14.3. The topological polar surface area (TPSA) is 90.0 Å². The third-order valence-corrected chi connectivity index (χ3v) is 5.45. The van der Waals surface area contributed by atoms with Crippen molar-refractivity contribution < 1.29 is 9.59 Å². The van der Waals surface area contributed by atoms with Gasteiger partial charge in [0.05, 0.1) is 16.0 Å².